The average molecular weight is 344 g/mol. The molecule has 2 aliphatic rings. The minimum Gasteiger partial charge on any atom is -0.480 e. The van der Waals surface area contributed by atoms with Crippen LogP contribution < -0.4 is 10.6 Å². The van der Waals surface area contributed by atoms with Gasteiger partial charge in [-0.05, 0) is 43.4 Å². The Labute approximate surface area is 147 Å². The predicted molar refractivity (Wildman–Crippen MR) is 91.9 cm³/mol. The van der Waals surface area contributed by atoms with Gasteiger partial charge in [-0.3, -0.25) is 14.4 Å². The number of benzene rings is 1. The maximum absolute atomic E-state index is 12.5. The zero-order chi connectivity index (χ0) is 17.9. The molecular formula is C19H24N2O4. The molecule has 1 aromatic carbocycles. The Hall–Kier alpha value is -2.37. The molecule has 6 nitrogen and oxygen atoms in total. The van der Waals surface area contributed by atoms with E-state index in [2.05, 4.69) is 10.6 Å². The van der Waals surface area contributed by atoms with Gasteiger partial charge in [0, 0.05) is 18.2 Å². The lowest BCUT2D eigenvalue weighted by atomic mass is 9.73. The Morgan fingerprint density at radius 2 is 1.68 bits per heavy atom. The number of carbonyl (C=O) groups excluding carboxylic acids is 2. The van der Waals surface area contributed by atoms with Crippen molar-refractivity contribution in [3.8, 4) is 0 Å². The Bertz CT molecular complexity index is 659. The number of carboxylic acid groups (broad SMARTS) is 1. The molecule has 1 aromatic rings. The normalized spacial score (nSPS) is 19.0. The van der Waals surface area contributed by atoms with Gasteiger partial charge >= 0.3 is 5.97 Å². The van der Waals surface area contributed by atoms with Crippen molar-refractivity contribution < 1.29 is 19.5 Å². The molecule has 3 N–H and O–H groups in total. The maximum Gasteiger partial charge on any atom is 0.319 e. The molecule has 0 bridgehead atoms. The van der Waals surface area contributed by atoms with Crippen molar-refractivity contribution in [1.29, 1.82) is 0 Å². The summed E-state index contributed by atoms with van der Waals surface area (Å²) in [5, 5.41) is 15.2. The van der Waals surface area contributed by atoms with Crippen molar-refractivity contribution in [2.24, 2.45) is 5.41 Å². The molecule has 0 radical (unpaired) electrons. The lowest BCUT2D eigenvalue weighted by Gasteiger charge is -2.31. The third kappa shape index (κ3) is 4.00. The number of carboxylic acids is 1. The van der Waals surface area contributed by atoms with E-state index in [0.717, 1.165) is 37.7 Å². The van der Waals surface area contributed by atoms with Crippen molar-refractivity contribution in [3.05, 3.63) is 35.4 Å². The van der Waals surface area contributed by atoms with Gasteiger partial charge in [0.05, 0.1) is 0 Å². The highest BCUT2D eigenvalue weighted by Crippen LogP contribution is 2.36. The fourth-order valence-electron chi connectivity index (χ4n) is 3.32. The molecule has 3 rings (SSSR count). The first-order chi connectivity index (χ1) is 12.0. The molecule has 2 fully saturated rings. The molecular weight excluding hydrogens is 320 g/mol. The van der Waals surface area contributed by atoms with E-state index in [-0.39, 0.29) is 12.5 Å². The van der Waals surface area contributed by atoms with E-state index >= 15 is 0 Å². The summed E-state index contributed by atoms with van der Waals surface area (Å²) in [4.78, 5) is 36.1. The summed E-state index contributed by atoms with van der Waals surface area (Å²) in [6.07, 6.45) is 5.40. The van der Waals surface area contributed by atoms with Gasteiger partial charge in [0.15, 0.2) is 0 Å². The van der Waals surface area contributed by atoms with Crippen LogP contribution in [0.25, 0.3) is 0 Å². The second-order valence-corrected chi connectivity index (χ2v) is 7.08. The van der Waals surface area contributed by atoms with Gasteiger partial charge in [0.1, 0.15) is 5.41 Å². The predicted octanol–water partition coefficient (Wildman–Crippen LogP) is 2.23. The number of carbonyl (C=O) groups is 3. The van der Waals surface area contributed by atoms with Crippen LogP contribution in [0.2, 0.25) is 0 Å². The zero-order valence-corrected chi connectivity index (χ0v) is 14.2. The second-order valence-electron chi connectivity index (χ2n) is 7.08. The molecule has 0 aromatic heterocycles. The maximum atomic E-state index is 12.5. The molecule has 0 unspecified atom stereocenters. The number of aliphatic carboxylic acids is 1. The average Bonchev–Trinajstić information content (AvgIpc) is 3.44. The van der Waals surface area contributed by atoms with Crippen LogP contribution in [0.5, 0.6) is 0 Å². The van der Waals surface area contributed by atoms with E-state index in [4.69, 9.17) is 0 Å². The van der Waals surface area contributed by atoms with Crippen LogP contribution in [-0.4, -0.2) is 28.9 Å². The fraction of sp³-hybridized carbons (Fsp3) is 0.526. The van der Waals surface area contributed by atoms with E-state index in [1.54, 1.807) is 24.3 Å². The molecule has 6 heteroatoms. The molecule has 0 atom stereocenters. The van der Waals surface area contributed by atoms with Crippen molar-refractivity contribution in [1.82, 2.24) is 10.6 Å². The Balaban J connectivity index is 1.57. The SMILES string of the molecule is O=C(NC1CC1)c1ccc(CNC(=O)C2(C(=O)O)CCCCC2)cc1. The lowest BCUT2D eigenvalue weighted by molar-refractivity contribution is -0.158. The summed E-state index contributed by atoms with van der Waals surface area (Å²) in [6, 6.07) is 7.35. The van der Waals surface area contributed by atoms with Crippen molar-refractivity contribution in [2.75, 3.05) is 0 Å². The van der Waals surface area contributed by atoms with Crippen LogP contribution in [0, 0.1) is 5.41 Å². The summed E-state index contributed by atoms with van der Waals surface area (Å²) in [5.74, 6) is -1.52. The number of rotatable bonds is 6. The van der Waals surface area contributed by atoms with Gasteiger partial charge in [-0.1, -0.05) is 31.4 Å². The highest BCUT2D eigenvalue weighted by atomic mass is 16.4. The largest absolute Gasteiger partial charge is 0.480 e. The summed E-state index contributed by atoms with van der Waals surface area (Å²) >= 11 is 0. The van der Waals surface area contributed by atoms with Gasteiger partial charge in [0.2, 0.25) is 5.91 Å². The van der Waals surface area contributed by atoms with Gasteiger partial charge in [-0.15, -0.1) is 0 Å². The van der Waals surface area contributed by atoms with Crippen LogP contribution in [-0.2, 0) is 16.1 Å². The highest BCUT2D eigenvalue weighted by Gasteiger charge is 2.46. The monoisotopic (exact) mass is 344 g/mol. The van der Waals surface area contributed by atoms with Crippen LogP contribution in [0.4, 0.5) is 0 Å². The van der Waals surface area contributed by atoms with E-state index in [1.165, 1.54) is 0 Å². The first kappa shape index (κ1) is 17.5. The fourth-order valence-corrected chi connectivity index (χ4v) is 3.32. The van der Waals surface area contributed by atoms with Crippen LogP contribution in [0.3, 0.4) is 0 Å². The molecule has 0 saturated heterocycles. The second kappa shape index (κ2) is 7.25. The molecule has 134 valence electrons. The van der Waals surface area contributed by atoms with Crippen LogP contribution >= 0.6 is 0 Å². The molecule has 2 saturated carbocycles. The van der Waals surface area contributed by atoms with E-state index < -0.39 is 17.3 Å². The molecule has 25 heavy (non-hydrogen) atoms. The van der Waals surface area contributed by atoms with E-state index in [1.807, 2.05) is 0 Å². The van der Waals surface area contributed by atoms with Gasteiger partial charge < -0.3 is 15.7 Å². The van der Waals surface area contributed by atoms with Gasteiger partial charge in [-0.25, -0.2) is 0 Å². The topological polar surface area (TPSA) is 95.5 Å². The van der Waals surface area contributed by atoms with E-state index in [0.29, 0.717) is 24.4 Å². The zero-order valence-electron chi connectivity index (χ0n) is 14.2. The number of hydrogen-bond donors (Lipinski definition) is 3. The number of hydrogen-bond acceptors (Lipinski definition) is 3. The first-order valence-electron chi connectivity index (χ1n) is 8.93. The highest BCUT2D eigenvalue weighted by molar-refractivity contribution is 6.02. The van der Waals surface area contributed by atoms with Gasteiger partial charge in [0.25, 0.3) is 5.91 Å². The minimum atomic E-state index is -1.29. The van der Waals surface area contributed by atoms with Crippen molar-refractivity contribution in [3.63, 3.8) is 0 Å². The summed E-state index contributed by atoms with van der Waals surface area (Å²) in [6.45, 7) is 0.262. The lowest BCUT2D eigenvalue weighted by Crippen LogP contribution is -2.47. The quantitative estimate of drug-likeness (QED) is 0.690. The third-order valence-electron chi connectivity index (χ3n) is 5.13. The standard InChI is InChI=1S/C19H24N2O4/c22-16(21-15-8-9-15)14-6-4-13(5-7-14)12-20-17(23)19(18(24)25)10-2-1-3-11-19/h4-7,15H,1-3,8-12H2,(H,20,23)(H,21,22)(H,24,25). The van der Waals surface area contributed by atoms with E-state index in [9.17, 15) is 19.5 Å². The van der Waals surface area contributed by atoms with Crippen LogP contribution in [0.15, 0.2) is 24.3 Å². The summed E-state index contributed by atoms with van der Waals surface area (Å²) in [5.41, 5.74) is 0.145. The third-order valence-corrected chi connectivity index (χ3v) is 5.13. The molecule has 2 amide bonds. The van der Waals surface area contributed by atoms with Gasteiger partial charge in [-0.2, -0.15) is 0 Å². The summed E-state index contributed by atoms with van der Waals surface area (Å²) < 4.78 is 0. The van der Waals surface area contributed by atoms with Crippen molar-refractivity contribution >= 4 is 17.8 Å². The van der Waals surface area contributed by atoms with Crippen molar-refractivity contribution in [2.45, 2.75) is 57.5 Å². The number of amides is 2. The molecule has 2 aliphatic carbocycles. The number of nitrogens with one attached hydrogen (secondary N) is 2. The Morgan fingerprint density at radius 1 is 1.04 bits per heavy atom. The Morgan fingerprint density at radius 3 is 2.24 bits per heavy atom. The molecule has 0 aliphatic heterocycles. The Kier molecular flexibility index (Phi) is 5.06. The van der Waals surface area contributed by atoms with Crippen LogP contribution in [0.1, 0.15) is 60.9 Å². The summed E-state index contributed by atoms with van der Waals surface area (Å²) in [7, 11) is 0. The first-order valence-corrected chi connectivity index (χ1v) is 8.93. The molecule has 0 spiro atoms. The smallest absolute Gasteiger partial charge is 0.319 e. The molecule has 0 heterocycles. The minimum absolute atomic E-state index is 0.0786.